The number of aryl methyl sites for hydroxylation is 1. The highest BCUT2D eigenvalue weighted by Gasteiger charge is 2.32. The third kappa shape index (κ3) is 3.86. The summed E-state index contributed by atoms with van der Waals surface area (Å²) in [7, 11) is 1.98. The third-order valence-electron chi connectivity index (χ3n) is 6.07. The molecule has 0 saturated heterocycles. The molecule has 170 valence electrons. The Balaban J connectivity index is 1.56. The molecule has 2 N–H and O–H groups in total. The van der Waals surface area contributed by atoms with E-state index in [0.717, 1.165) is 34.8 Å². The summed E-state index contributed by atoms with van der Waals surface area (Å²) in [5, 5.41) is 7.00. The van der Waals surface area contributed by atoms with Crippen molar-refractivity contribution in [1.29, 1.82) is 0 Å². The Kier molecular flexibility index (Phi) is 4.52. The molecule has 1 saturated carbocycles. The van der Waals surface area contributed by atoms with Gasteiger partial charge in [0, 0.05) is 47.5 Å². The zero-order chi connectivity index (χ0) is 25.8. The average molecular weight is 466 g/mol. The molecule has 0 bridgehead atoms. The van der Waals surface area contributed by atoms with Crippen molar-refractivity contribution < 1.29 is 13.7 Å². The van der Waals surface area contributed by atoms with E-state index in [1.165, 1.54) is 11.1 Å². The van der Waals surface area contributed by atoms with Gasteiger partial charge < -0.3 is 15.5 Å². The number of pyridine rings is 2. The van der Waals surface area contributed by atoms with E-state index in [1.54, 1.807) is 23.6 Å². The van der Waals surface area contributed by atoms with E-state index in [1.807, 2.05) is 20.0 Å². The van der Waals surface area contributed by atoms with Crippen molar-refractivity contribution in [2.75, 3.05) is 22.6 Å². The van der Waals surface area contributed by atoms with Crippen LogP contribution in [0.15, 0.2) is 24.5 Å². The van der Waals surface area contributed by atoms with Crippen LogP contribution in [0.5, 0.6) is 0 Å². The van der Waals surface area contributed by atoms with Gasteiger partial charge in [-0.2, -0.15) is 0 Å². The molecule has 5 rings (SSSR count). The second kappa shape index (κ2) is 8.22. The maximum absolute atomic E-state index is 12.9. The third-order valence-corrected chi connectivity index (χ3v) is 7.21. The molecule has 1 amide bonds. The standard InChI is InChI=1S/C24H26N6O2S/c1-5-18(31)16-11-26-19(29-24(32)14-6-7-14)10-17(16)28-23-21-15(8-9-25-23)20-22(12(2)30(21)4)33-13(3)27-20/h8-12,14H,5-7H2,1-4H3,(H2,25,26,28,29,32)/t12-/m1/s1/i1D3. The number of carbonyl (C=O) groups is 2. The number of amides is 1. The predicted molar refractivity (Wildman–Crippen MR) is 130 cm³/mol. The molecule has 2 aliphatic rings. The van der Waals surface area contributed by atoms with Crippen molar-refractivity contribution in [3.8, 4) is 11.3 Å². The lowest BCUT2D eigenvalue weighted by Crippen LogP contribution is -2.26. The average Bonchev–Trinajstić information content (AvgIpc) is 3.58. The zero-order valence-electron chi connectivity index (χ0n) is 21.6. The van der Waals surface area contributed by atoms with Gasteiger partial charge >= 0.3 is 0 Å². The van der Waals surface area contributed by atoms with Crippen molar-refractivity contribution >= 4 is 46.0 Å². The largest absolute Gasteiger partial charge is 0.363 e. The normalized spacial score (nSPS) is 18.5. The smallest absolute Gasteiger partial charge is 0.228 e. The summed E-state index contributed by atoms with van der Waals surface area (Å²) >= 11 is 1.66. The van der Waals surface area contributed by atoms with Crippen LogP contribution in [0.1, 0.15) is 63.4 Å². The van der Waals surface area contributed by atoms with E-state index < -0.39 is 19.1 Å². The first-order chi connectivity index (χ1) is 17.0. The van der Waals surface area contributed by atoms with Gasteiger partial charge in [-0.05, 0) is 32.8 Å². The van der Waals surface area contributed by atoms with Gasteiger partial charge in [-0.15, -0.1) is 11.3 Å². The number of nitrogens with zero attached hydrogens (tertiary/aromatic N) is 4. The monoisotopic (exact) mass is 465 g/mol. The molecule has 33 heavy (non-hydrogen) atoms. The summed E-state index contributed by atoms with van der Waals surface area (Å²) in [6, 6.07) is 3.53. The highest BCUT2D eigenvalue weighted by atomic mass is 32.1. The maximum atomic E-state index is 12.9. The van der Waals surface area contributed by atoms with E-state index in [0.29, 0.717) is 11.5 Å². The highest BCUT2D eigenvalue weighted by molar-refractivity contribution is 7.12. The number of fused-ring (bicyclic) bond motifs is 3. The van der Waals surface area contributed by atoms with Crippen molar-refractivity contribution in [3.05, 3.63) is 40.0 Å². The van der Waals surface area contributed by atoms with E-state index in [-0.39, 0.29) is 29.2 Å². The summed E-state index contributed by atoms with van der Waals surface area (Å²) < 4.78 is 22.6. The fourth-order valence-electron chi connectivity index (χ4n) is 4.03. The van der Waals surface area contributed by atoms with Crippen LogP contribution < -0.4 is 15.5 Å². The summed E-state index contributed by atoms with van der Waals surface area (Å²) in [6.07, 6.45) is 4.03. The Morgan fingerprint density at radius 1 is 1.33 bits per heavy atom. The van der Waals surface area contributed by atoms with Gasteiger partial charge in [-0.3, -0.25) is 9.59 Å². The van der Waals surface area contributed by atoms with E-state index in [9.17, 15) is 9.59 Å². The molecule has 3 aromatic rings. The second-order valence-electron chi connectivity index (χ2n) is 8.39. The molecule has 9 heteroatoms. The van der Waals surface area contributed by atoms with Gasteiger partial charge in [0.25, 0.3) is 0 Å². The molecular weight excluding hydrogens is 436 g/mol. The molecule has 1 atom stereocenters. The minimum absolute atomic E-state index is 0.0196. The first-order valence-electron chi connectivity index (χ1n) is 12.3. The minimum atomic E-state index is -2.42. The Morgan fingerprint density at radius 3 is 2.91 bits per heavy atom. The lowest BCUT2D eigenvalue weighted by atomic mass is 10.00. The first kappa shape index (κ1) is 18.1. The molecule has 3 aromatic heterocycles. The number of Topliss-reactive ketones (excluding diaryl/α,β-unsaturated/α-hetero) is 1. The van der Waals surface area contributed by atoms with Gasteiger partial charge in [-0.1, -0.05) is 6.85 Å². The van der Waals surface area contributed by atoms with Crippen LogP contribution in [-0.4, -0.2) is 33.7 Å². The molecule has 8 nitrogen and oxygen atoms in total. The molecule has 0 spiro atoms. The highest BCUT2D eigenvalue weighted by Crippen LogP contribution is 2.48. The fraction of sp³-hybridized carbons (Fsp3) is 0.375. The van der Waals surface area contributed by atoms with Crippen LogP contribution >= 0.6 is 11.3 Å². The van der Waals surface area contributed by atoms with Gasteiger partial charge in [0.2, 0.25) is 5.91 Å². The number of rotatable bonds is 6. The van der Waals surface area contributed by atoms with Crippen LogP contribution in [-0.2, 0) is 4.79 Å². The number of thiazole rings is 1. The quantitative estimate of drug-likeness (QED) is 0.488. The summed E-state index contributed by atoms with van der Waals surface area (Å²) in [4.78, 5) is 42.0. The molecule has 0 aromatic carbocycles. The summed E-state index contributed by atoms with van der Waals surface area (Å²) in [5.74, 6) is 0.0588. The van der Waals surface area contributed by atoms with Crippen LogP contribution in [0.4, 0.5) is 23.0 Å². The number of anilines is 4. The Labute approximate surface area is 200 Å². The van der Waals surface area contributed by atoms with Crippen molar-refractivity contribution in [2.45, 2.75) is 46.0 Å². The fourth-order valence-corrected chi connectivity index (χ4v) is 5.06. The molecule has 1 aliphatic carbocycles. The molecule has 0 unspecified atom stereocenters. The van der Waals surface area contributed by atoms with Gasteiger partial charge in [-0.25, -0.2) is 15.0 Å². The van der Waals surface area contributed by atoms with Gasteiger partial charge in [0.1, 0.15) is 5.82 Å². The van der Waals surface area contributed by atoms with Crippen molar-refractivity contribution in [3.63, 3.8) is 0 Å². The van der Waals surface area contributed by atoms with Gasteiger partial charge in [0.15, 0.2) is 11.6 Å². The molecule has 0 radical (unpaired) electrons. The topological polar surface area (TPSA) is 100 Å². The maximum Gasteiger partial charge on any atom is 0.228 e. The Hall–Kier alpha value is -3.33. The van der Waals surface area contributed by atoms with Crippen LogP contribution in [0.3, 0.4) is 0 Å². The van der Waals surface area contributed by atoms with Crippen molar-refractivity contribution in [1.82, 2.24) is 15.0 Å². The lowest BCUT2D eigenvalue weighted by molar-refractivity contribution is -0.117. The molecule has 1 fully saturated rings. The number of carbonyl (C=O) groups excluding carboxylic acids is 2. The summed E-state index contributed by atoms with van der Waals surface area (Å²) in [6.45, 7) is 1.65. The van der Waals surface area contributed by atoms with Crippen LogP contribution in [0, 0.1) is 12.8 Å². The SMILES string of the molecule is [2H]C([2H])([2H])CC(=O)c1cnc(NC(=O)C2CC2)cc1Nc1nccc2c1N(C)[C@H](C)c1sc(C)nc1-2. The number of hydrogen-bond donors (Lipinski definition) is 2. The van der Waals surface area contributed by atoms with E-state index in [2.05, 4.69) is 32.4 Å². The molecule has 1 aliphatic heterocycles. The van der Waals surface area contributed by atoms with Crippen LogP contribution in [0.25, 0.3) is 11.3 Å². The number of aromatic nitrogens is 3. The summed E-state index contributed by atoms with van der Waals surface area (Å²) in [5.41, 5.74) is 3.09. The predicted octanol–water partition coefficient (Wildman–Crippen LogP) is 5.10. The lowest BCUT2D eigenvalue weighted by Gasteiger charge is -2.34. The van der Waals surface area contributed by atoms with Crippen LogP contribution in [0.2, 0.25) is 0 Å². The number of ketones is 1. The molecular formula is C24H26N6O2S. The Bertz CT molecular complexity index is 1370. The Morgan fingerprint density at radius 2 is 2.15 bits per heavy atom. The minimum Gasteiger partial charge on any atom is -0.363 e. The second-order valence-corrected chi connectivity index (χ2v) is 9.63. The molecule has 4 heterocycles. The van der Waals surface area contributed by atoms with E-state index >= 15 is 0 Å². The number of hydrogen-bond acceptors (Lipinski definition) is 8. The first-order valence-corrected chi connectivity index (χ1v) is 11.6. The zero-order valence-corrected chi connectivity index (χ0v) is 19.4. The number of nitrogens with one attached hydrogen (secondary N) is 2. The van der Waals surface area contributed by atoms with E-state index in [4.69, 9.17) is 9.10 Å². The van der Waals surface area contributed by atoms with Crippen molar-refractivity contribution in [2.24, 2.45) is 5.92 Å². The van der Waals surface area contributed by atoms with Gasteiger partial charge in [0.05, 0.1) is 38.6 Å².